The van der Waals surface area contributed by atoms with E-state index in [1.807, 2.05) is 36.4 Å². The number of nitrogens with zero attached hydrogens (tertiary/aromatic N) is 1. The number of rotatable bonds is 7. The molecule has 0 aliphatic carbocycles. The third-order valence-electron chi connectivity index (χ3n) is 4.43. The monoisotopic (exact) mass is 398 g/mol. The number of anilines is 1. The Morgan fingerprint density at radius 3 is 2.46 bits per heavy atom. The summed E-state index contributed by atoms with van der Waals surface area (Å²) in [5, 5.41) is 2.00. The number of carbonyl (C=O) groups is 1. The van der Waals surface area contributed by atoms with Crippen molar-refractivity contribution in [3.8, 4) is 5.75 Å². The number of hydrogen-bond acceptors (Lipinski definition) is 4. The molecule has 0 atom stereocenters. The number of ether oxygens (including phenoxy) is 1. The van der Waals surface area contributed by atoms with E-state index in [0.29, 0.717) is 12.1 Å². The summed E-state index contributed by atoms with van der Waals surface area (Å²) in [6.07, 6.45) is 0.389. The maximum Gasteiger partial charge on any atom is 0.326 e. The number of methoxy groups -OCH3 is 1. The minimum Gasteiger partial charge on any atom is -0.497 e. The zero-order valence-corrected chi connectivity index (χ0v) is 16.6. The quantitative estimate of drug-likeness (QED) is 0.660. The number of fused-ring (bicyclic) bond motifs is 1. The molecule has 0 fully saturated rings. The minimum atomic E-state index is -4.00. The van der Waals surface area contributed by atoms with Gasteiger partial charge < -0.3 is 4.74 Å². The standard InChI is InChI=1S/C21H22N2O4S/c1-16(24)23(28(25,26)22-19-9-4-3-5-10-19)14-13-18-8-6-7-17-11-12-20(27-2)15-21(17)18/h3-12,15,22H,13-14H2,1-2H3. The summed E-state index contributed by atoms with van der Waals surface area (Å²) in [4.78, 5) is 12.1. The van der Waals surface area contributed by atoms with Crippen LogP contribution >= 0.6 is 0 Å². The molecule has 146 valence electrons. The molecule has 0 radical (unpaired) electrons. The molecule has 3 aromatic carbocycles. The molecule has 3 rings (SSSR count). The van der Waals surface area contributed by atoms with E-state index >= 15 is 0 Å². The van der Waals surface area contributed by atoms with Crippen LogP contribution in [0, 0.1) is 0 Å². The van der Waals surface area contributed by atoms with Gasteiger partial charge in [-0.05, 0) is 47.0 Å². The number of carbonyl (C=O) groups excluding carboxylic acids is 1. The largest absolute Gasteiger partial charge is 0.497 e. The van der Waals surface area contributed by atoms with Crippen molar-refractivity contribution in [1.82, 2.24) is 4.31 Å². The highest BCUT2D eigenvalue weighted by Crippen LogP contribution is 2.25. The first-order valence-corrected chi connectivity index (χ1v) is 10.3. The fraction of sp³-hybridized carbons (Fsp3) is 0.190. The van der Waals surface area contributed by atoms with Gasteiger partial charge in [-0.25, -0.2) is 4.31 Å². The van der Waals surface area contributed by atoms with Crippen molar-refractivity contribution in [3.63, 3.8) is 0 Å². The van der Waals surface area contributed by atoms with E-state index in [-0.39, 0.29) is 6.54 Å². The molecule has 6 nitrogen and oxygen atoms in total. The number of benzene rings is 3. The van der Waals surface area contributed by atoms with Crippen LogP contribution in [0.5, 0.6) is 5.75 Å². The lowest BCUT2D eigenvalue weighted by molar-refractivity contribution is -0.124. The second-order valence-electron chi connectivity index (χ2n) is 6.32. The molecule has 0 bridgehead atoms. The van der Waals surface area contributed by atoms with Gasteiger partial charge in [0.05, 0.1) is 12.8 Å². The van der Waals surface area contributed by atoms with Crippen LogP contribution in [0.25, 0.3) is 10.8 Å². The third-order valence-corrected chi connectivity index (χ3v) is 5.94. The average Bonchev–Trinajstić information content (AvgIpc) is 2.67. The van der Waals surface area contributed by atoms with Gasteiger partial charge in [-0.3, -0.25) is 9.52 Å². The van der Waals surface area contributed by atoms with Gasteiger partial charge in [0.2, 0.25) is 5.91 Å². The van der Waals surface area contributed by atoms with Crippen LogP contribution in [-0.4, -0.2) is 32.3 Å². The van der Waals surface area contributed by atoms with Gasteiger partial charge in [0, 0.05) is 13.5 Å². The van der Waals surface area contributed by atoms with Crippen LogP contribution in [-0.2, 0) is 21.4 Å². The number of hydrogen-bond donors (Lipinski definition) is 1. The van der Waals surface area contributed by atoms with Crippen molar-refractivity contribution in [2.75, 3.05) is 18.4 Å². The molecule has 7 heteroatoms. The van der Waals surface area contributed by atoms with Crippen LogP contribution in [0.15, 0.2) is 66.7 Å². The molecule has 3 aromatic rings. The van der Waals surface area contributed by atoms with E-state index in [1.54, 1.807) is 37.4 Å². The zero-order valence-electron chi connectivity index (χ0n) is 15.8. The van der Waals surface area contributed by atoms with Crippen molar-refractivity contribution in [2.24, 2.45) is 0 Å². The smallest absolute Gasteiger partial charge is 0.326 e. The average molecular weight is 398 g/mol. The lowest BCUT2D eigenvalue weighted by Crippen LogP contribution is -2.40. The Kier molecular flexibility index (Phi) is 5.84. The maximum absolute atomic E-state index is 12.7. The normalized spacial score (nSPS) is 11.2. The Balaban J connectivity index is 1.84. The Hall–Kier alpha value is -3.06. The Morgan fingerprint density at radius 2 is 1.79 bits per heavy atom. The highest BCUT2D eigenvalue weighted by atomic mass is 32.2. The van der Waals surface area contributed by atoms with Gasteiger partial charge in [-0.2, -0.15) is 8.42 Å². The van der Waals surface area contributed by atoms with E-state index in [2.05, 4.69) is 4.72 Å². The molecule has 0 aromatic heterocycles. The highest BCUT2D eigenvalue weighted by Gasteiger charge is 2.24. The Labute approximate surface area is 164 Å². The van der Waals surface area contributed by atoms with Crippen LogP contribution in [0.4, 0.5) is 5.69 Å². The zero-order chi connectivity index (χ0) is 20.1. The lowest BCUT2D eigenvalue weighted by Gasteiger charge is -2.22. The molecule has 0 saturated heterocycles. The Morgan fingerprint density at radius 1 is 1.04 bits per heavy atom. The molecular formula is C21H22N2O4S. The SMILES string of the molecule is COc1ccc2cccc(CCN(C(C)=O)S(=O)(=O)Nc3ccccc3)c2c1. The van der Waals surface area contributed by atoms with E-state index in [0.717, 1.165) is 26.4 Å². The Bertz CT molecular complexity index is 1080. The topological polar surface area (TPSA) is 75.7 Å². The van der Waals surface area contributed by atoms with Crippen molar-refractivity contribution in [2.45, 2.75) is 13.3 Å². The van der Waals surface area contributed by atoms with Gasteiger partial charge in [-0.1, -0.05) is 42.5 Å². The van der Waals surface area contributed by atoms with Crippen molar-refractivity contribution < 1.29 is 17.9 Å². The maximum atomic E-state index is 12.7. The number of nitrogens with one attached hydrogen (secondary N) is 1. The summed E-state index contributed by atoms with van der Waals surface area (Å²) in [5.74, 6) is 0.183. The molecule has 0 saturated carbocycles. The second kappa shape index (κ2) is 8.31. The van der Waals surface area contributed by atoms with E-state index < -0.39 is 16.1 Å². The minimum absolute atomic E-state index is 0.0355. The van der Waals surface area contributed by atoms with Gasteiger partial charge in [-0.15, -0.1) is 0 Å². The van der Waals surface area contributed by atoms with Gasteiger partial charge in [0.1, 0.15) is 5.75 Å². The molecular weight excluding hydrogens is 376 g/mol. The third kappa shape index (κ3) is 4.43. The fourth-order valence-electron chi connectivity index (χ4n) is 3.04. The summed E-state index contributed by atoms with van der Waals surface area (Å²) < 4.78 is 34.0. The summed E-state index contributed by atoms with van der Waals surface area (Å²) in [6.45, 7) is 1.28. The molecule has 1 amide bonds. The number of para-hydroxylation sites is 1. The van der Waals surface area contributed by atoms with Gasteiger partial charge in [0.15, 0.2) is 0 Å². The summed E-state index contributed by atoms with van der Waals surface area (Å²) in [7, 11) is -2.40. The summed E-state index contributed by atoms with van der Waals surface area (Å²) >= 11 is 0. The fourth-order valence-corrected chi connectivity index (χ4v) is 4.25. The summed E-state index contributed by atoms with van der Waals surface area (Å²) in [5.41, 5.74) is 1.35. The molecule has 0 aliphatic heterocycles. The van der Waals surface area contributed by atoms with Crippen LogP contribution in [0.1, 0.15) is 12.5 Å². The summed E-state index contributed by atoms with van der Waals surface area (Å²) in [6, 6.07) is 20.1. The van der Waals surface area contributed by atoms with Gasteiger partial charge in [0.25, 0.3) is 0 Å². The van der Waals surface area contributed by atoms with Crippen LogP contribution in [0.3, 0.4) is 0 Å². The molecule has 0 spiro atoms. The molecule has 1 N–H and O–H groups in total. The van der Waals surface area contributed by atoms with Crippen LogP contribution < -0.4 is 9.46 Å². The van der Waals surface area contributed by atoms with Crippen molar-refractivity contribution in [3.05, 3.63) is 72.3 Å². The lowest BCUT2D eigenvalue weighted by atomic mass is 10.0. The predicted octanol–water partition coefficient (Wildman–Crippen LogP) is 3.60. The first-order valence-electron chi connectivity index (χ1n) is 8.82. The molecule has 0 heterocycles. The number of amides is 1. The van der Waals surface area contributed by atoms with Crippen molar-refractivity contribution >= 4 is 32.6 Å². The second-order valence-corrected chi connectivity index (χ2v) is 7.91. The first kappa shape index (κ1) is 19.7. The van der Waals surface area contributed by atoms with Crippen molar-refractivity contribution in [1.29, 1.82) is 0 Å². The highest BCUT2D eigenvalue weighted by molar-refractivity contribution is 7.90. The van der Waals surface area contributed by atoms with Crippen LogP contribution in [0.2, 0.25) is 0 Å². The molecule has 0 unspecified atom stereocenters. The molecule has 28 heavy (non-hydrogen) atoms. The van der Waals surface area contributed by atoms with Gasteiger partial charge >= 0.3 is 10.2 Å². The van der Waals surface area contributed by atoms with E-state index in [1.165, 1.54) is 6.92 Å². The molecule has 0 aliphatic rings. The predicted molar refractivity (Wildman–Crippen MR) is 111 cm³/mol. The van der Waals surface area contributed by atoms with E-state index in [9.17, 15) is 13.2 Å². The van der Waals surface area contributed by atoms with E-state index in [4.69, 9.17) is 4.74 Å². The first-order chi connectivity index (χ1) is 13.4.